The summed E-state index contributed by atoms with van der Waals surface area (Å²) in [5, 5.41) is 17.8. The van der Waals surface area contributed by atoms with Gasteiger partial charge in [-0.1, -0.05) is 6.07 Å². The molecule has 0 saturated heterocycles. The van der Waals surface area contributed by atoms with Crippen LogP contribution in [-0.2, 0) is 0 Å². The number of hydrogen-bond donors (Lipinski definition) is 3. The fourth-order valence-corrected chi connectivity index (χ4v) is 1.04. The van der Waals surface area contributed by atoms with E-state index < -0.39 is 22.7 Å². The van der Waals surface area contributed by atoms with Crippen molar-refractivity contribution in [3.05, 3.63) is 34.0 Å². The fraction of sp³-hybridized carbons (Fsp3) is 0. The van der Waals surface area contributed by atoms with Gasteiger partial charge in [0.2, 0.25) is 0 Å². The zero-order chi connectivity index (χ0) is 10.0. The molecule has 2 N–H and O–H groups in total. The molecule has 0 amide bonds. The Morgan fingerprint density at radius 2 is 2.00 bits per heavy atom. The van der Waals surface area contributed by atoms with E-state index in [0.717, 1.165) is 6.07 Å². The highest BCUT2D eigenvalue weighted by Gasteiger charge is 2.14. The summed E-state index contributed by atoms with van der Waals surface area (Å²) in [5.74, 6) is -2.07. The van der Waals surface area contributed by atoms with Crippen LogP contribution in [0.25, 0.3) is 0 Å². The summed E-state index contributed by atoms with van der Waals surface area (Å²) >= 11 is 3.81. The first-order chi connectivity index (χ1) is 6.04. The molecule has 0 unspecified atom stereocenters. The Morgan fingerprint density at radius 1 is 1.38 bits per heavy atom. The van der Waals surface area contributed by atoms with E-state index in [1.54, 1.807) is 0 Å². The molecular weight excluding hydrogens is 192 g/mol. The van der Waals surface area contributed by atoms with E-state index in [1.165, 1.54) is 12.1 Å². The molecule has 1 rings (SSSR count). The van der Waals surface area contributed by atoms with Crippen LogP contribution in [0.4, 0.5) is 0 Å². The highest BCUT2D eigenvalue weighted by Crippen LogP contribution is 2.21. The number of hydrogen-bond acceptors (Lipinski definition) is 4. The molecule has 4 nitrogen and oxygen atoms in total. The second kappa shape index (κ2) is 3.49. The van der Waals surface area contributed by atoms with Gasteiger partial charge in [-0.3, -0.25) is 4.79 Å². The van der Waals surface area contributed by atoms with Crippen molar-refractivity contribution in [1.29, 1.82) is 0 Å². The maximum absolute atomic E-state index is 11.1. The summed E-state index contributed by atoms with van der Waals surface area (Å²) in [7, 11) is 0. The van der Waals surface area contributed by atoms with Gasteiger partial charge in [-0.15, -0.1) is 12.6 Å². The molecule has 0 bridgehead atoms. The third kappa shape index (κ3) is 1.81. The van der Waals surface area contributed by atoms with E-state index in [0.29, 0.717) is 0 Å². The van der Waals surface area contributed by atoms with Gasteiger partial charge in [0.15, 0.2) is 5.43 Å². The summed E-state index contributed by atoms with van der Waals surface area (Å²) in [6, 6.07) is 3.73. The van der Waals surface area contributed by atoms with Gasteiger partial charge in [-0.05, 0) is 12.1 Å². The van der Waals surface area contributed by atoms with Crippen molar-refractivity contribution < 1.29 is 15.0 Å². The number of rotatable bonds is 1. The van der Waals surface area contributed by atoms with E-state index >= 15 is 0 Å². The maximum Gasteiger partial charge on any atom is 0.343 e. The van der Waals surface area contributed by atoms with Crippen LogP contribution in [0.2, 0.25) is 0 Å². The first kappa shape index (κ1) is 9.60. The molecule has 0 aliphatic carbocycles. The van der Waals surface area contributed by atoms with Crippen molar-refractivity contribution in [2.75, 3.05) is 0 Å². The van der Waals surface area contributed by atoms with Crippen LogP contribution in [0, 0.1) is 0 Å². The lowest BCUT2D eigenvalue weighted by atomic mass is 10.2. The van der Waals surface area contributed by atoms with Gasteiger partial charge in [0.1, 0.15) is 11.3 Å². The van der Waals surface area contributed by atoms with Crippen molar-refractivity contribution in [2.24, 2.45) is 0 Å². The lowest BCUT2D eigenvalue weighted by Crippen LogP contribution is -2.11. The molecule has 0 radical (unpaired) electrons. The molecule has 0 spiro atoms. The molecule has 68 valence electrons. The Balaban J connectivity index is 3.68. The topological polar surface area (TPSA) is 74.6 Å². The zero-order valence-corrected chi connectivity index (χ0v) is 7.28. The van der Waals surface area contributed by atoms with Gasteiger partial charge in [0.05, 0.1) is 0 Å². The van der Waals surface area contributed by atoms with E-state index in [4.69, 9.17) is 5.11 Å². The Labute approximate surface area is 78.9 Å². The van der Waals surface area contributed by atoms with Gasteiger partial charge >= 0.3 is 5.97 Å². The van der Waals surface area contributed by atoms with Crippen molar-refractivity contribution in [1.82, 2.24) is 0 Å². The summed E-state index contributed by atoms with van der Waals surface area (Å²) < 4.78 is 0. The van der Waals surface area contributed by atoms with Crippen LogP contribution in [0.5, 0.6) is 5.75 Å². The molecule has 1 aromatic carbocycles. The van der Waals surface area contributed by atoms with E-state index in [-0.39, 0.29) is 4.90 Å². The predicted octanol–water partition coefficient (Wildman–Crippen LogP) is 0.739. The van der Waals surface area contributed by atoms with Crippen LogP contribution < -0.4 is 5.43 Å². The van der Waals surface area contributed by atoms with E-state index in [1.807, 2.05) is 0 Å². The molecular formula is C8H6O4S. The van der Waals surface area contributed by atoms with Crippen LogP contribution in [0.15, 0.2) is 27.9 Å². The molecule has 0 atom stereocenters. The van der Waals surface area contributed by atoms with Crippen LogP contribution >= 0.6 is 12.6 Å². The fourth-order valence-electron chi connectivity index (χ4n) is 0.840. The molecule has 5 heteroatoms. The third-order valence-electron chi connectivity index (χ3n) is 1.44. The van der Waals surface area contributed by atoms with E-state index in [2.05, 4.69) is 12.6 Å². The number of aromatic carboxylic acids is 1. The minimum atomic E-state index is -1.46. The smallest absolute Gasteiger partial charge is 0.343 e. The summed E-state index contributed by atoms with van der Waals surface area (Å²) in [6.07, 6.45) is 0. The van der Waals surface area contributed by atoms with Gasteiger partial charge in [-0.2, -0.15) is 0 Å². The monoisotopic (exact) mass is 198 g/mol. The zero-order valence-electron chi connectivity index (χ0n) is 6.39. The number of thiol groups is 1. The van der Waals surface area contributed by atoms with Crippen LogP contribution in [0.3, 0.4) is 0 Å². The Bertz CT molecular complexity index is 413. The molecule has 1 aromatic rings. The number of carboxylic acid groups (broad SMARTS) is 1. The Hall–Kier alpha value is -1.49. The largest absolute Gasteiger partial charge is 0.506 e. The van der Waals surface area contributed by atoms with Crippen molar-refractivity contribution in [2.45, 2.75) is 4.90 Å². The minimum Gasteiger partial charge on any atom is -0.506 e. The quantitative estimate of drug-likeness (QED) is 0.582. The number of aromatic hydroxyl groups is 1. The Morgan fingerprint density at radius 3 is 2.54 bits per heavy atom. The van der Waals surface area contributed by atoms with E-state index in [9.17, 15) is 14.7 Å². The van der Waals surface area contributed by atoms with Crippen LogP contribution in [-0.4, -0.2) is 16.2 Å². The third-order valence-corrected chi connectivity index (χ3v) is 1.80. The normalized spacial score (nSPS) is 9.62. The molecule has 0 aliphatic rings. The first-order valence-electron chi connectivity index (χ1n) is 3.32. The highest BCUT2D eigenvalue weighted by molar-refractivity contribution is 7.80. The predicted molar refractivity (Wildman–Crippen MR) is 48.6 cm³/mol. The van der Waals surface area contributed by atoms with Crippen molar-refractivity contribution in [3.63, 3.8) is 0 Å². The summed E-state index contributed by atoms with van der Waals surface area (Å²) in [6.45, 7) is 0. The Kier molecular flexibility index (Phi) is 2.57. The lowest BCUT2D eigenvalue weighted by Gasteiger charge is -1.94. The molecule has 0 fully saturated rings. The standard InChI is InChI=1S/C8H6O4S/c9-4-2-1-3-5(13)7(10)6(4)8(11)12/h1-3,10,13H,(H,11,12). The van der Waals surface area contributed by atoms with Gasteiger partial charge in [0.25, 0.3) is 0 Å². The molecule has 0 aliphatic heterocycles. The average molecular weight is 198 g/mol. The van der Waals surface area contributed by atoms with Crippen molar-refractivity contribution >= 4 is 18.6 Å². The minimum absolute atomic E-state index is 0.0551. The van der Waals surface area contributed by atoms with Crippen molar-refractivity contribution in [3.8, 4) is 5.75 Å². The van der Waals surface area contributed by atoms with Gasteiger partial charge < -0.3 is 10.2 Å². The van der Waals surface area contributed by atoms with Gasteiger partial charge in [-0.25, -0.2) is 4.79 Å². The van der Waals surface area contributed by atoms with Gasteiger partial charge in [0, 0.05) is 4.90 Å². The second-order valence-electron chi connectivity index (χ2n) is 2.30. The highest BCUT2D eigenvalue weighted by atomic mass is 32.1. The maximum atomic E-state index is 11.1. The molecule has 0 aromatic heterocycles. The molecule has 0 saturated carbocycles. The summed E-state index contributed by atoms with van der Waals surface area (Å²) in [4.78, 5) is 21.7. The first-order valence-corrected chi connectivity index (χ1v) is 3.77. The summed E-state index contributed by atoms with van der Waals surface area (Å²) in [5.41, 5.74) is -1.40. The lowest BCUT2D eigenvalue weighted by molar-refractivity contribution is 0.0692. The number of carboxylic acids is 1. The second-order valence-corrected chi connectivity index (χ2v) is 2.79. The molecule has 0 heterocycles. The average Bonchev–Trinajstić information content (AvgIpc) is 2.13. The van der Waals surface area contributed by atoms with Crippen LogP contribution in [0.1, 0.15) is 10.4 Å². The molecule has 13 heavy (non-hydrogen) atoms. The number of carbonyl (C=O) groups is 1. The SMILES string of the molecule is O=C(O)c1c(O)c(S)cccc1=O.